The molecular formula is C17H17NO. The van der Waals surface area contributed by atoms with Crippen LogP contribution >= 0.6 is 0 Å². The number of rotatable bonds is 4. The Kier molecular flexibility index (Phi) is 4.51. The summed E-state index contributed by atoms with van der Waals surface area (Å²) in [5.74, 6) is -0.0345. The van der Waals surface area contributed by atoms with Gasteiger partial charge in [-0.25, -0.2) is 0 Å². The lowest BCUT2D eigenvalue weighted by Crippen LogP contribution is -2.23. The van der Waals surface area contributed by atoms with Crippen molar-refractivity contribution in [3.8, 4) is 0 Å². The van der Waals surface area contributed by atoms with Gasteiger partial charge in [0, 0.05) is 12.1 Å². The van der Waals surface area contributed by atoms with E-state index in [0.29, 0.717) is 12.1 Å². The molecule has 1 N–H and O–H groups in total. The van der Waals surface area contributed by atoms with E-state index < -0.39 is 0 Å². The van der Waals surface area contributed by atoms with E-state index in [1.54, 1.807) is 0 Å². The molecule has 0 bridgehead atoms. The van der Waals surface area contributed by atoms with E-state index in [0.717, 1.165) is 11.1 Å². The summed E-state index contributed by atoms with van der Waals surface area (Å²) in [6, 6.07) is 19.7. The summed E-state index contributed by atoms with van der Waals surface area (Å²) in [7, 11) is 0. The summed E-state index contributed by atoms with van der Waals surface area (Å²) < 4.78 is 0. The molecule has 0 saturated heterocycles. The first-order valence-corrected chi connectivity index (χ1v) is 6.31. The molecule has 0 heterocycles. The molecule has 96 valence electrons. The van der Waals surface area contributed by atoms with Crippen molar-refractivity contribution < 1.29 is 4.79 Å². The van der Waals surface area contributed by atoms with Crippen molar-refractivity contribution in [1.82, 2.24) is 5.32 Å². The number of carbonyl (C=O) groups excluding carboxylic acids is 1. The molecule has 0 fully saturated rings. The van der Waals surface area contributed by atoms with Crippen LogP contribution in [0.4, 0.5) is 0 Å². The molecule has 0 aliphatic heterocycles. The minimum Gasteiger partial charge on any atom is -0.348 e. The summed E-state index contributed by atoms with van der Waals surface area (Å²) >= 11 is 0. The van der Waals surface area contributed by atoms with E-state index in [-0.39, 0.29) is 5.91 Å². The third-order valence-electron chi connectivity index (χ3n) is 2.84. The highest BCUT2D eigenvalue weighted by Crippen LogP contribution is 2.06. The summed E-state index contributed by atoms with van der Waals surface area (Å²) in [5.41, 5.74) is 2.85. The quantitative estimate of drug-likeness (QED) is 0.829. The van der Waals surface area contributed by atoms with Crippen LogP contribution in [0.1, 0.15) is 18.1 Å². The normalized spacial score (nSPS) is 11.1. The van der Waals surface area contributed by atoms with E-state index >= 15 is 0 Å². The number of amides is 1. The second-order valence-corrected chi connectivity index (χ2v) is 4.41. The predicted octanol–water partition coefficient (Wildman–Crippen LogP) is 3.41. The van der Waals surface area contributed by atoms with Crippen LogP contribution in [0.25, 0.3) is 6.08 Å². The molecule has 0 spiro atoms. The maximum Gasteiger partial charge on any atom is 0.247 e. The molecule has 2 aromatic carbocycles. The van der Waals surface area contributed by atoms with Crippen LogP contribution in [0.15, 0.2) is 66.2 Å². The lowest BCUT2D eigenvalue weighted by Gasteiger charge is -2.05. The van der Waals surface area contributed by atoms with Gasteiger partial charge in [-0.05, 0) is 24.1 Å². The van der Waals surface area contributed by atoms with Crippen molar-refractivity contribution in [2.45, 2.75) is 13.5 Å². The Hall–Kier alpha value is -2.35. The SMILES string of the molecule is CC(=Cc1ccccc1)C(=O)NCc1ccccc1. The summed E-state index contributed by atoms with van der Waals surface area (Å²) in [4.78, 5) is 11.9. The molecule has 2 heteroatoms. The molecule has 2 nitrogen and oxygen atoms in total. The fourth-order valence-corrected chi connectivity index (χ4v) is 1.78. The summed E-state index contributed by atoms with van der Waals surface area (Å²) in [6.07, 6.45) is 1.89. The van der Waals surface area contributed by atoms with Crippen LogP contribution in [-0.4, -0.2) is 5.91 Å². The van der Waals surface area contributed by atoms with Gasteiger partial charge >= 0.3 is 0 Å². The fourth-order valence-electron chi connectivity index (χ4n) is 1.78. The molecule has 0 aromatic heterocycles. The van der Waals surface area contributed by atoms with Gasteiger partial charge in [-0.15, -0.1) is 0 Å². The molecular weight excluding hydrogens is 234 g/mol. The van der Waals surface area contributed by atoms with E-state index in [4.69, 9.17) is 0 Å². The van der Waals surface area contributed by atoms with Crippen molar-refractivity contribution in [2.75, 3.05) is 0 Å². The van der Waals surface area contributed by atoms with Gasteiger partial charge < -0.3 is 5.32 Å². The largest absolute Gasteiger partial charge is 0.348 e. The molecule has 0 aliphatic carbocycles. The average molecular weight is 251 g/mol. The van der Waals surface area contributed by atoms with Gasteiger partial charge in [-0.1, -0.05) is 60.7 Å². The topological polar surface area (TPSA) is 29.1 Å². The molecule has 0 aliphatic rings. The van der Waals surface area contributed by atoms with Gasteiger partial charge in [0.1, 0.15) is 0 Å². The Morgan fingerprint density at radius 1 is 1.00 bits per heavy atom. The Bertz CT molecular complexity index is 558. The minimum absolute atomic E-state index is 0.0345. The van der Waals surface area contributed by atoms with Crippen molar-refractivity contribution in [3.63, 3.8) is 0 Å². The lowest BCUT2D eigenvalue weighted by molar-refractivity contribution is -0.117. The molecule has 2 rings (SSSR count). The first kappa shape index (κ1) is 13.1. The Balaban J connectivity index is 1.95. The van der Waals surface area contributed by atoms with Crippen molar-refractivity contribution in [3.05, 3.63) is 77.4 Å². The first-order chi connectivity index (χ1) is 9.25. The van der Waals surface area contributed by atoms with Crippen LogP contribution in [-0.2, 0) is 11.3 Å². The number of nitrogens with one attached hydrogen (secondary N) is 1. The third kappa shape index (κ3) is 4.11. The maximum absolute atomic E-state index is 11.9. The number of carbonyl (C=O) groups is 1. The highest BCUT2D eigenvalue weighted by Gasteiger charge is 2.03. The zero-order chi connectivity index (χ0) is 13.5. The van der Waals surface area contributed by atoms with Crippen LogP contribution in [0.5, 0.6) is 0 Å². The Morgan fingerprint density at radius 2 is 1.58 bits per heavy atom. The van der Waals surface area contributed by atoms with Crippen molar-refractivity contribution >= 4 is 12.0 Å². The van der Waals surface area contributed by atoms with Gasteiger partial charge in [-0.3, -0.25) is 4.79 Å². The van der Waals surface area contributed by atoms with Crippen LogP contribution in [0.3, 0.4) is 0 Å². The molecule has 0 saturated carbocycles. The predicted molar refractivity (Wildman–Crippen MR) is 78.4 cm³/mol. The zero-order valence-electron chi connectivity index (χ0n) is 11.0. The minimum atomic E-state index is -0.0345. The standard InChI is InChI=1S/C17H17NO/c1-14(12-15-8-4-2-5-9-15)17(19)18-13-16-10-6-3-7-11-16/h2-12H,13H2,1H3,(H,18,19). The van der Waals surface area contributed by atoms with Crippen molar-refractivity contribution in [2.24, 2.45) is 0 Å². The highest BCUT2D eigenvalue weighted by molar-refractivity contribution is 5.97. The number of hydrogen-bond donors (Lipinski definition) is 1. The second kappa shape index (κ2) is 6.55. The molecule has 19 heavy (non-hydrogen) atoms. The van der Waals surface area contributed by atoms with Crippen molar-refractivity contribution in [1.29, 1.82) is 0 Å². The van der Waals surface area contributed by atoms with Gasteiger partial charge in [-0.2, -0.15) is 0 Å². The molecule has 1 amide bonds. The van der Waals surface area contributed by atoms with E-state index in [1.165, 1.54) is 0 Å². The molecule has 0 radical (unpaired) electrons. The average Bonchev–Trinajstić information content (AvgIpc) is 2.47. The van der Waals surface area contributed by atoms with Gasteiger partial charge in [0.2, 0.25) is 5.91 Å². The van der Waals surface area contributed by atoms with Crippen LogP contribution in [0.2, 0.25) is 0 Å². The number of benzene rings is 2. The molecule has 0 atom stereocenters. The second-order valence-electron chi connectivity index (χ2n) is 4.41. The van der Waals surface area contributed by atoms with Crippen LogP contribution < -0.4 is 5.32 Å². The van der Waals surface area contributed by atoms with E-state index in [1.807, 2.05) is 73.7 Å². The first-order valence-electron chi connectivity index (χ1n) is 6.31. The monoisotopic (exact) mass is 251 g/mol. The van der Waals surface area contributed by atoms with Gasteiger partial charge in [0.15, 0.2) is 0 Å². The summed E-state index contributed by atoms with van der Waals surface area (Å²) in [5, 5.41) is 2.91. The van der Waals surface area contributed by atoms with E-state index in [9.17, 15) is 4.79 Å². The highest BCUT2D eigenvalue weighted by atomic mass is 16.1. The maximum atomic E-state index is 11.9. The summed E-state index contributed by atoms with van der Waals surface area (Å²) in [6.45, 7) is 2.38. The Morgan fingerprint density at radius 3 is 2.21 bits per heavy atom. The van der Waals surface area contributed by atoms with Gasteiger partial charge in [0.25, 0.3) is 0 Å². The van der Waals surface area contributed by atoms with Gasteiger partial charge in [0.05, 0.1) is 0 Å². The van der Waals surface area contributed by atoms with Crippen LogP contribution in [0, 0.1) is 0 Å². The molecule has 0 unspecified atom stereocenters. The number of hydrogen-bond acceptors (Lipinski definition) is 1. The third-order valence-corrected chi connectivity index (χ3v) is 2.84. The Labute approximate surface area is 113 Å². The van der Waals surface area contributed by atoms with E-state index in [2.05, 4.69) is 5.32 Å². The fraction of sp³-hybridized carbons (Fsp3) is 0.118. The molecule has 2 aromatic rings. The smallest absolute Gasteiger partial charge is 0.247 e. The zero-order valence-corrected chi connectivity index (χ0v) is 11.0. The lowest BCUT2D eigenvalue weighted by atomic mass is 10.1.